The van der Waals surface area contributed by atoms with Crippen molar-refractivity contribution >= 4 is 23.4 Å². The summed E-state index contributed by atoms with van der Waals surface area (Å²) in [5.74, 6) is 0.0486. The Morgan fingerprint density at radius 3 is 2.30 bits per heavy atom. The molecule has 0 N–H and O–H groups in total. The number of rotatable bonds is 4. The number of amides is 3. The summed E-state index contributed by atoms with van der Waals surface area (Å²) in [6, 6.07) is 13.2. The summed E-state index contributed by atoms with van der Waals surface area (Å²) in [6.07, 6.45) is 2.48. The van der Waals surface area contributed by atoms with Gasteiger partial charge in [-0.3, -0.25) is 14.4 Å². The molecule has 1 aromatic carbocycles. The topological polar surface area (TPSA) is 86.5 Å². The van der Waals surface area contributed by atoms with Gasteiger partial charge in [-0.25, -0.2) is 0 Å². The van der Waals surface area contributed by atoms with Crippen LogP contribution in [0.3, 0.4) is 0 Å². The number of hydrogen-bond donors (Lipinski definition) is 0. The number of para-hydroxylation sites is 1. The molecule has 33 heavy (non-hydrogen) atoms. The first-order valence-corrected chi connectivity index (χ1v) is 11.4. The van der Waals surface area contributed by atoms with E-state index in [1.165, 1.54) is 6.26 Å². The Bertz CT molecular complexity index is 995. The Balaban J connectivity index is 1.35. The summed E-state index contributed by atoms with van der Waals surface area (Å²) in [4.78, 5) is 46.7. The zero-order chi connectivity index (χ0) is 22.8. The number of nitrogens with zero attached hydrogens (tertiary/aromatic N) is 4. The van der Waals surface area contributed by atoms with Crippen molar-refractivity contribution in [3.63, 3.8) is 0 Å². The summed E-state index contributed by atoms with van der Waals surface area (Å²) in [6.45, 7) is 3.46. The first-order valence-electron chi connectivity index (χ1n) is 11.4. The summed E-state index contributed by atoms with van der Waals surface area (Å²) in [5, 5.41) is 0. The molecule has 3 amide bonds. The van der Waals surface area contributed by atoms with Gasteiger partial charge in [0.2, 0.25) is 5.91 Å². The number of benzene rings is 1. The average molecular weight is 453 g/mol. The maximum Gasteiger partial charge on any atom is 0.289 e. The molecular weight excluding hydrogens is 424 g/mol. The van der Waals surface area contributed by atoms with Crippen LogP contribution in [0.2, 0.25) is 0 Å². The van der Waals surface area contributed by atoms with Crippen LogP contribution in [0.15, 0.2) is 53.1 Å². The number of carbonyl (C=O) groups is 3. The average Bonchev–Trinajstić information content (AvgIpc) is 3.49. The molecule has 3 aliphatic heterocycles. The molecule has 174 valence electrons. The highest BCUT2D eigenvalue weighted by molar-refractivity contribution is 5.97. The van der Waals surface area contributed by atoms with E-state index in [0.29, 0.717) is 64.7 Å². The number of anilines is 1. The number of carbonyl (C=O) groups excluding carboxylic acids is 3. The van der Waals surface area contributed by atoms with Gasteiger partial charge in [0.1, 0.15) is 12.1 Å². The number of hydrogen-bond acceptors (Lipinski definition) is 6. The van der Waals surface area contributed by atoms with Crippen LogP contribution in [0.25, 0.3) is 0 Å². The van der Waals surface area contributed by atoms with Crippen molar-refractivity contribution in [2.45, 2.75) is 18.4 Å². The number of ether oxygens (including phenoxy) is 1. The predicted molar refractivity (Wildman–Crippen MR) is 119 cm³/mol. The van der Waals surface area contributed by atoms with Gasteiger partial charge in [0.25, 0.3) is 11.8 Å². The van der Waals surface area contributed by atoms with E-state index >= 15 is 0 Å². The van der Waals surface area contributed by atoms with Crippen LogP contribution in [0, 0.1) is 0 Å². The van der Waals surface area contributed by atoms with Gasteiger partial charge < -0.3 is 28.8 Å². The van der Waals surface area contributed by atoms with Gasteiger partial charge in [-0.05, 0) is 37.1 Å². The van der Waals surface area contributed by atoms with Crippen LogP contribution in [0.5, 0.6) is 0 Å². The van der Waals surface area contributed by atoms with Crippen LogP contribution in [-0.4, -0.2) is 90.6 Å². The van der Waals surface area contributed by atoms with E-state index in [0.717, 1.165) is 5.69 Å². The molecule has 9 heteroatoms. The highest BCUT2D eigenvalue weighted by Crippen LogP contribution is 2.39. The lowest BCUT2D eigenvalue weighted by Gasteiger charge is -2.43. The Kier molecular flexibility index (Phi) is 5.80. The van der Waals surface area contributed by atoms with E-state index in [1.54, 1.807) is 26.8 Å². The predicted octanol–water partition coefficient (Wildman–Crippen LogP) is 1.42. The quantitative estimate of drug-likeness (QED) is 0.698. The molecule has 1 aromatic heterocycles. The molecule has 0 aliphatic carbocycles. The Morgan fingerprint density at radius 2 is 1.64 bits per heavy atom. The van der Waals surface area contributed by atoms with Crippen LogP contribution in [0.1, 0.15) is 23.4 Å². The standard InChI is InChI=1S/C24H28N4O5/c29-21(25-12-15-32-16-13-25)17-27-18-28(19-5-2-1-3-6-19)24(23(27)31)8-10-26(11-9-24)22(30)20-7-4-14-33-20/h1-7,14H,8-13,15-18H2. The fraction of sp³-hybridized carbons (Fsp3) is 0.458. The Morgan fingerprint density at radius 1 is 0.909 bits per heavy atom. The number of furan rings is 1. The first kappa shape index (κ1) is 21.5. The molecular formula is C24H28N4O5. The number of morpholine rings is 1. The normalized spacial score (nSPS) is 20.5. The van der Waals surface area contributed by atoms with Crippen molar-refractivity contribution in [2.24, 2.45) is 0 Å². The molecule has 2 aromatic rings. The SMILES string of the molecule is O=C(CN1CN(c2ccccc2)C2(CCN(C(=O)c3ccco3)CC2)C1=O)N1CCOCC1. The van der Waals surface area contributed by atoms with Gasteiger partial charge in [0.15, 0.2) is 5.76 Å². The van der Waals surface area contributed by atoms with E-state index in [1.807, 2.05) is 30.3 Å². The maximum absolute atomic E-state index is 13.8. The fourth-order valence-corrected chi connectivity index (χ4v) is 5.03. The number of piperidine rings is 1. The monoisotopic (exact) mass is 452 g/mol. The molecule has 3 saturated heterocycles. The Labute approximate surface area is 192 Å². The zero-order valence-electron chi connectivity index (χ0n) is 18.5. The lowest BCUT2D eigenvalue weighted by molar-refractivity contribution is -0.143. The molecule has 0 unspecified atom stereocenters. The smallest absolute Gasteiger partial charge is 0.289 e. The molecule has 0 saturated carbocycles. The molecule has 4 heterocycles. The number of likely N-dealkylation sites (tertiary alicyclic amines) is 1. The molecule has 3 fully saturated rings. The minimum absolute atomic E-state index is 0.0435. The van der Waals surface area contributed by atoms with Crippen molar-refractivity contribution in [3.05, 3.63) is 54.5 Å². The molecule has 3 aliphatic rings. The van der Waals surface area contributed by atoms with E-state index in [2.05, 4.69) is 4.90 Å². The molecule has 1 spiro atoms. The molecule has 0 bridgehead atoms. The molecule has 9 nitrogen and oxygen atoms in total. The van der Waals surface area contributed by atoms with Gasteiger partial charge in [0, 0.05) is 31.9 Å². The van der Waals surface area contributed by atoms with Crippen molar-refractivity contribution in [1.29, 1.82) is 0 Å². The highest BCUT2D eigenvalue weighted by Gasteiger charge is 2.54. The van der Waals surface area contributed by atoms with Crippen molar-refractivity contribution in [1.82, 2.24) is 14.7 Å². The minimum Gasteiger partial charge on any atom is -0.459 e. The van der Waals surface area contributed by atoms with E-state index in [9.17, 15) is 14.4 Å². The van der Waals surface area contributed by atoms with Gasteiger partial charge in [0.05, 0.1) is 26.1 Å². The largest absolute Gasteiger partial charge is 0.459 e. The second kappa shape index (κ2) is 8.90. The second-order valence-electron chi connectivity index (χ2n) is 8.70. The molecule has 5 rings (SSSR count). The summed E-state index contributed by atoms with van der Waals surface area (Å²) in [7, 11) is 0. The van der Waals surface area contributed by atoms with Gasteiger partial charge in [-0.2, -0.15) is 0 Å². The highest BCUT2D eigenvalue weighted by atomic mass is 16.5. The van der Waals surface area contributed by atoms with Crippen molar-refractivity contribution in [2.75, 3.05) is 57.5 Å². The molecule has 0 atom stereocenters. The van der Waals surface area contributed by atoms with E-state index < -0.39 is 5.54 Å². The minimum atomic E-state index is -0.771. The summed E-state index contributed by atoms with van der Waals surface area (Å²) < 4.78 is 10.6. The summed E-state index contributed by atoms with van der Waals surface area (Å²) in [5.41, 5.74) is 0.171. The maximum atomic E-state index is 13.8. The molecule has 0 radical (unpaired) electrons. The van der Waals surface area contributed by atoms with E-state index in [-0.39, 0.29) is 24.3 Å². The third-order valence-electron chi connectivity index (χ3n) is 6.88. The van der Waals surface area contributed by atoms with E-state index in [4.69, 9.17) is 9.15 Å². The van der Waals surface area contributed by atoms with Crippen LogP contribution >= 0.6 is 0 Å². The van der Waals surface area contributed by atoms with Crippen molar-refractivity contribution in [3.8, 4) is 0 Å². The van der Waals surface area contributed by atoms with Crippen LogP contribution in [-0.2, 0) is 14.3 Å². The van der Waals surface area contributed by atoms with Gasteiger partial charge >= 0.3 is 0 Å². The van der Waals surface area contributed by atoms with Gasteiger partial charge in [-0.15, -0.1) is 0 Å². The third-order valence-corrected chi connectivity index (χ3v) is 6.88. The van der Waals surface area contributed by atoms with Crippen molar-refractivity contribution < 1.29 is 23.5 Å². The third kappa shape index (κ3) is 3.97. The second-order valence-corrected chi connectivity index (χ2v) is 8.70. The lowest BCUT2D eigenvalue weighted by atomic mass is 9.85. The first-order chi connectivity index (χ1) is 16.1. The fourth-order valence-electron chi connectivity index (χ4n) is 5.03. The van der Waals surface area contributed by atoms with Crippen LogP contribution < -0.4 is 4.90 Å². The Hall–Kier alpha value is -3.33. The zero-order valence-corrected chi connectivity index (χ0v) is 18.5. The summed E-state index contributed by atoms with van der Waals surface area (Å²) >= 11 is 0. The van der Waals surface area contributed by atoms with Gasteiger partial charge in [-0.1, -0.05) is 18.2 Å². The van der Waals surface area contributed by atoms with Crippen LogP contribution in [0.4, 0.5) is 5.69 Å². The lowest BCUT2D eigenvalue weighted by Crippen LogP contribution is -2.57.